The molecule has 6 heteroatoms. The molecular formula is C19H24N4O2. The van der Waals surface area contributed by atoms with Crippen LogP contribution >= 0.6 is 0 Å². The summed E-state index contributed by atoms with van der Waals surface area (Å²) in [5.41, 5.74) is 0.904. The van der Waals surface area contributed by atoms with E-state index in [1.165, 1.54) is 25.8 Å². The van der Waals surface area contributed by atoms with Gasteiger partial charge in [0.15, 0.2) is 0 Å². The Morgan fingerprint density at radius 1 is 1.12 bits per heavy atom. The smallest absolute Gasteiger partial charge is 0.247 e. The van der Waals surface area contributed by atoms with E-state index < -0.39 is 0 Å². The fraction of sp³-hybridized carbons (Fsp3) is 0.526. The van der Waals surface area contributed by atoms with Gasteiger partial charge in [-0.25, -0.2) is 0 Å². The lowest BCUT2D eigenvalue weighted by Crippen LogP contribution is -2.56. The number of hydrogen-bond acceptors (Lipinski definition) is 5. The number of aromatic nitrogens is 2. The van der Waals surface area contributed by atoms with Gasteiger partial charge in [0.2, 0.25) is 17.7 Å². The highest BCUT2D eigenvalue weighted by atomic mass is 16.4. The molecule has 4 rings (SSSR count). The summed E-state index contributed by atoms with van der Waals surface area (Å²) in [7, 11) is 0. The van der Waals surface area contributed by atoms with Gasteiger partial charge in [-0.05, 0) is 31.5 Å². The van der Waals surface area contributed by atoms with E-state index in [-0.39, 0.29) is 5.91 Å². The molecule has 0 radical (unpaired) electrons. The lowest BCUT2D eigenvalue weighted by Gasteiger charge is -2.44. The first-order valence-electron chi connectivity index (χ1n) is 9.19. The molecule has 3 heterocycles. The Hall–Kier alpha value is -2.21. The molecule has 1 aromatic heterocycles. The third kappa shape index (κ3) is 3.74. The molecule has 0 spiro atoms. The number of benzene rings is 1. The monoisotopic (exact) mass is 340 g/mol. The van der Waals surface area contributed by atoms with Crippen LogP contribution in [-0.2, 0) is 11.2 Å². The number of nitrogens with zero attached hydrogens (tertiary/aromatic N) is 4. The van der Waals surface area contributed by atoms with Crippen LogP contribution in [0.1, 0.15) is 31.6 Å². The zero-order valence-electron chi connectivity index (χ0n) is 14.4. The van der Waals surface area contributed by atoms with Crippen molar-refractivity contribution in [3.63, 3.8) is 0 Å². The van der Waals surface area contributed by atoms with Crippen LogP contribution in [0.5, 0.6) is 0 Å². The van der Waals surface area contributed by atoms with E-state index in [2.05, 4.69) is 15.1 Å². The maximum Gasteiger partial charge on any atom is 0.247 e. The molecule has 0 bridgehead atoms. The number of carbonyl (C=O) groups excluding carboxylic acids is 1. The van der Waals surface area contributed by atoms with Crippen molar-refractivity contribution in [3.8, 4) is 11.5 Å². The molecule has 132 valence electrons. The first-order chi connectivity index (χ1) is 12.3. The summed E-state index contributed by atoms with van der Waals surface area (Å²) in [5, 5.41) is 8.16. The van der Waals surface area contributed by atoms with Crippen LogP contribution in [0, 0.1) is 0 Å². The van der Waals surface area contributed by atoms with Crippen LogP contribution in [0.3, 0.4) is 0 Å². The average molecular weight is 340 g/mol. The van der Waals surface area contributed by atoms with Crippen LogP contribution in [0.4, 0.5) is 0 Å². The summed E-state index contributed by atoms with van der Waals surface area (Å²) in [5.74, 6) is 1.24. The first-order valence-corrected chi connectivity index (χ1v) is 9.19. The Bertz CT molecular complexity index is 715. The second-order valence-corrected chi connectivity index (χ2v) is 6.89. The quantitative estimate of drug-likeness (QED) is 0.855. The summed E-state index contributed by atoms with van der Waals surface area (Å²) in [4.78, 5) is 17.1. The van der Waals surface area contributed by atoms with E-state index in [1.54, 1.807) is 0 Å². The summed E-state index contributed by atoms with van der Waals surface area (Å²) in [6.07, 6.45) is 4.74. The van der Waals surface area contributed by atoms with Gasteiger partial charge in [-0.2, -0.15) is 0 Å². The van der Waals surface area contributed by atoms with Crippen molar-refractivity contribution < 1.29 is 9.21 Å². The maximum absolute atomic E-state index is 12.5. The minimum absolute atomic E-state index is 0.199. The zero-order valence-corrected chi connectivity index (χ0v) is 14.4. The Morgan fingerprint density at radius 2 is 2.00 bits per heavy atom. The second-order valence-electron chi connectivity index (χ2n) is 6.89. The zero-order chi connectivity index (χ0) is 17.1. The van der Waals surface area contributed by atoms with Gasteiger partial charge in [-0.3, -0.25) is 9.69 Å². The molecule has 0 N–H and O–H groups in total. The second kappa shape index (κ2) is 7.35. The summed E-state index contributed by atoms with van der Waals surface area (Å²) < 4.78 is 5.69. The number of carbonyl (C=O) groups is 1. The van der Waals surface area contributed by atoms with Gasteiger partial charge < -0.3 is 9.32 Å². The van der Waals surface area contributed by atoms with Gasteiger partial charge >= 0.3 is 0 Å². The van der Waals surface area contributed by atoms with Gasteiger partial charge in [0.05, 0.1) is 0 Å². The van der Waals surface area contributed by atoms with Crippen molar-refractivity contribution in [1.29, 1.82) is 0 Å². The number of amides is 1. The van der Waals surface area contributed by atoms with Crippen molar-refractivity contribution in [2.75, 3.05) is 26.2 Å². The molecule has 1 aromatic carbocycles. The lowest BCUT2D eigenvalue weighted by atomic mass is 9.99. The molecule has 2 fully saturated rings. The Balaban J connectivity index is 1.31. The maximum atomic E-state index is 12.5. The minimum Gasteiger partial charge on any atom is -0.421 e. The van der Waals surface area contributed by atoms with Gasteiger partial charge in [-0.1, -0.05) is 24.6 Å². The highest BCUT2D eigenvalue weighted by molar-refractivity contribution is 5.76. The van der Waals surface area contributed by atoms with E-state index in [9.17, 15) is 4.79 Å². The standard InChI is InChI=1S/C19H24N4O2/c24-18(23-13-12-22-11-5-4-8-16(22)14-23)10-9-17-20-21-19(25-17)15-6-2-1-3-7-15/h1-3,6-7,16H,4-5,8-14H2. The molecule has 1 atom stereocenters. The average Bonchev–Trinajstić information content (AvgIpc) is 3.15. The topological polar surface area (TPSA) is 62.5 Å². The van der Waals surface area contributed by atoms with E-state index in [1.807, 2.05) is 35.2 Å². The summed E-state index contributed by atoms with van der Waals surface area (Å²) in [6.45, 7) is 3.92. The molecule has 2 aliphatic heterocycles. The highest BCUT2D eigenvalue weighted by Gasteiger charge is 2.30. The Kier molecular flexibility index (Phi) is 4.78. The van der Waals surface area contributed by atoms with Crippen molar-refractivity contribution in [2.24, 2.45) is 0 Å². The van der Waals surface area contributed by atoms with Crippen molar-refractivity contribution in [1.82, 2.24) is 20.0 Å². The Labute approximate surface area is 147 Å². The van der Waals surface area contributed by atoms with Crippen LogP contribution in [0.2, 0.25) is 0 Å². The molecule has 1 amide bonds. The predicted molar refractivity (Wildman–Crippen MR) is 93.8 cm³/mol. The third-order valence-corrected chi connectivity index (χ3v) is 5.23. The van der Waals surface area contributed by atoms with Crippen LogP contribution in [0.15, 0.2) is 34.7 Å². The lowest BCUT2D eigenvalue weighted by molar-refractivity contribution is -0.134. The van der Waals surface area contributed by atoms with E-state index in [0.29, 0.717) is 30.7 Å². The molecule has 0 saturated carbocycles. The number of fused-ring (bicyclic) bond motifs is 1. The third-order valence-electron chi connectivity index (χ3n) is 5.23. The fourth-order valence-corrected chi connectivity index (χ4v) is 3.81. The van der Waals surface area contributed by atoms with Crippen molar-refractivity contribution in [2.45, 2.75) is 38.1 Å². The molecule has 2 aliphatic rings. The van der Waals surface area contributed by atoms with Crippen molar-refractivity contribution >= 4 is 5.91 Å². The van der Waals surface area contributed by atoms with E-state index in [4.69, 9.17) is 4.42 Å². The first kappa shape index (κ1) is 16.3. The number of hydrogen-bond donors (Lipinski definition) is 0. The van der Waals surface area contributed by atoms with Gasteiger partial charge in [-0.15, -0.1) is 10.2 Å². The molecule has 2 aromatic rings. The van der Waals surface area contributed by atoms with Crippen molar-refractivity contribution in [3.05, 3.63) is 36.2 Å². The number of rotatable bonds is 4. The number of piperazine rings is 1. The summed E-state index contributed by atoms with van der Waals surface area (Å²) in [6, 6.07) is 10.3. The predicted octanol–water partition coefficient (Wildman–Crippen LogP) is 2.37. The molecular weight excluding hydrogens is 316 g/mol. The molecule has 2 saturated heterocycles. The van der Waals surface area contributed by atoms with Gasteiger partial charge in [0, 0.05) is 44.1 Å². The van der Waals surface area contributed by atoms with Crippen LogP contribution in [-0.4, -0.2) is 58.1 Å². The Morgan fingerprint density at radius 3 is 2.88 bits per heavy atom. The van der Waals surface area contributed by atoms with Crippen LogP contribution < -0.4 is 0 Å². The van der Waals surface area contributed by atoms with Gasteiger partial charge in [0.1, 0.15) is 0 Å². The fourth-order valence-electron chi connectivity index (χ4n) is 3.81. The normalized spacial score (nSPS) is 21.1. The van der Waals surface area contributed by atoms with Crippen LogP contribution in [0.25, 0.3) is 11.5 Å². The van der Waals surface area contributed by atoms with E-state index in [0.717, 1.165) is 25.2 Å². The molecule has 1 unspecified atom stereocenters. The minimum atomic E-state index is 0.199. The summed E-state index contributed by atoms with van der Waals surface area (Å²) >= 11 is 0. The largest absolute Gasteiger partial charge is 0.421 e. The molecule has 0 aliphatic carbocycles. The van der Waals surface area contributed by atoms with Gasteiger partial charge in [0.25, 0.3) is 0 Å². The number of aryl methyl sites for hydroxylation is 1. The molecule has 25 heavy (non-hydrogen) atoms. The SMILES string of the molecule is O=C(CCc1nnc(-c2ccccc2)o1)N1CCN2CCCCC2C1. The number of piperidine rings is 1. The van der Waals surface area contributed by atoms with E-state index >= 15 is 0 Å². The molecule has 6 nitrogen and oxygen atoms in total. The highest BCUT2D eigenvalue weighted by Crippen LogP contribution is 2.22.